The van der Waals surface area contributed by atoms with E-state index in [4.69, 9.17) is 0 Å². The Morgan fingerprint density at radius 2 is 1.86 bits per heavy atom. The first-order valence-electron chi connectivity index (χ1n) is 6.15. The Bertz CT molecular complexity index is 175. The van der Waals surface area contributed by atoms with Crippen molar-refractivity contribution in [2.24, 2.45) is 11.8 Å². The van der Waals surface area contributed by atoms with Crippen molar-refractivity contribution in [3.8, 4) is 0 Å². The number of nitrogens with one attached hydrogen (secondary N) is 1. The first-order chi connectivity index (χ1) is 6.77. The first-order valence-corrected chi connectivity index (χ1v) is 7.39. The molecule has 0 aromatic carbocycles. The largest absolute Gasteiger partial charge is 0.313 e. The fourth-order valence-corrected chi connectivity index (χ4v) is 4.25. The lowest BCUT2D eigenvalue weighted by Crippen LogP contribution is -2.46. The molecular weight excluding hydrogens is 285 g/mol. The summed E-state index contributed by atoms with van der Waals surface area (Å²) in [6, 6.07) is 0.841. The Morgan fingerprint density at radius 3 is 2.50 bits per heavy atom. The highest BCUT2D eigenvalue weighted by Crippen LogP contribution is 2.35. The summed E-state index contributed by atoms with van der Waals surface area (Å²) in [5, 5.41) is 3.76. The van der Waals surface area contributed by atoms with Crippen LogP contribution in [0.4, 0.5) is 0 Å². The van der Waals surface area contributed by atoms with Crippen molar-refractivity contribution in [2.75, 3.05) is 6.54 Å². The van der Waals surface area contributed by atoms with Crippen LogP contribution in [0, 0.1) is 11.8 Å². The van der Waals surface area contributed by atoms with Crippen LogP contribution in [0.2, 0.25) is 0 Å². The molecule has 14 heavy (non-hydrogen) atoms. The van der Waals surface area contributed by atoms with Crippen molar-refractivity contribution in [2.45, 2.75) is 55.4 Å². The van der Waals surface area contributed by atoms with Gasteiger partial charge >= 0.3 is 0 Å². The minimum atomic E-state index is 0.841. The van der Waals surface area contributed by atoms with Crippen LogP contribution in [0.25, 0.3) is 0 Å². The van der Waals surface area contributed by atoms with E-state index in [2.05, 4.69) is 34.8 Å². The summed E-state index contributed by atoms with van der Waals surface area (Å²) >= 11 is 2.69. The highest BCUT2D eigenvalue weighted by Gasteiger charge is 2.31. The minimum Gasteiger partial charge on any atom is -0.313 e. The van der Waals surface area contributed by atoms with Crippen LogP contribution < -0.4 is 5.32 Å². The number of halogens is 1. The Labute approximate surface area is 102 Å². The zero-order chi connectivity index (χ0) is 9.97. The lowest BCUT2D eigenvalue weighted by atomic mass is 9.79. The summed E-state index contributed by atoms with van der Waals surface area (Å²) < 4.78 is 0.937. The summed E-state index contributed by atoms with van der Waals surface area (Å²) in [5.74, 6) is 1.87. The SMILES string of the molecule is CC1CCC(C2CCCCC2I)NC1. The zero-order valence-electron chi connectivity index (χ0n) is 9.14. The van der Waals surface area contributed by atoms with E-state index in [1.165, 1.54) is 45.1 Å². The van der Waals surface area contributed by atoms with Gasteiger partial charge in [-0.05, 0) is 44.1 Å². The number of piperidine rings is 1. The molecule has 0 radical (unpaired) electrons. The van der Waals surface area contributed by atoms with Gasteiger partial charge in [0, 0.05) is 9.97 Å². The average Bonchev–Trinajstić information content (AvgIpc) is 2.20. The van der Waals surface area contributed by atoms with Crippen LogP contribution in [-0.2, 0) is 0 Å². The molecule has 1 aliphatic carbocycles. The molecule has 1 N–H and O–H groups in total. The molecule has 0 bridgehead atoms. The number of hydrogen-bond acceptors (Lipinski definition) is 1. The van der Waals surface area contributed by atoms with E-state index in [0.29, 0.717) is 0 Å². The molecule has 4 atom stereocenters. The normalized spacial score (nSPS) is 45.0. The van der Waals surface area contributed by atoms with Gasteiger partial charge in [-0.3, -0.25) is 0 Å². The molecule has 1 nitrogen and oxygen atoms in total. The molecule has 1 saturated carbocycles. The molecule has 1 saturated heterocycles. The van der Waals surface area contributed by atoms with Gasteiger partial charge in [0.15, 0.2) is 0 Å². The van der Waals surface area contributed by atoms with Gasteiger partial charge in [0.1, 0.15) is 0 Å². The quantitative estimate of drug-likeness (QED) is 0.578. The lowest BCUT2D eigenvalue weighted by Gasteiger charge is -2.38. The fourth-order valence-electron chi connectivity index (χ4n) is 2.95. The van der Waals surface area contributed by atoms with E-state index < -0.39 is 0 Å². The van der Waals surface area contributed by atoms with E-state index in [0.717, 1.165) is 21.8 Å². The molecule has 2 fully saturated rings. The molecule has 1 heterocycles. The molecule has 2 heteroatoms. The van der Waals surface area contributed by atoms with Crippen LogP contribution in [0.3, 0.4) is 0 Å². The fraction of sp³-hybridized carbons (Fsp3) is 1.00. The molecule has 2 aliphatic rings. The topological polar surface area (TPSA) is 12.0 Å². The maximum atomic E-state index is 3.76. The molecule has 82 valence electrons. The van der Waals surface area contributed by atoms with Gasteiger partial charge in [-0.1, -0.05) is 42.4 Å². The average molecular weight is 307 g/mol. The second-order valence-electron chi connectivity index (χ2n) is 5.16. The second-order valence-corrected chi connectivity index (χ2v) is 6.76. The third kappa shape index (κ3) is 2.63. The molecule has 0 aromatic heterocycles. The van der Waals surface area contributed by atoms with E-state index in [1.807, 2.05) is 0 Å². The maximum Gasteiger partial charge on any atom is 0.0153 e. The smallest absolute Gasteiger partial charge is 0.0153 e. The Kier molecular flexibility index (Phi) is 4.11. The van der Waals surface area contributed by atoms with E-state index in [-0.39, 0.29) is 0 Å². The summed E-state index contributed by atoms with van der Waals surface area (Å²) in [6.07, 6.45) is 8.73. The third-order valence-electron chi connectivity index (χ3n) is 3.95. The van der Waals surface area contributed by atoms with Gasteiger partial charge in [0.2, 0.25) is 0 Å². The predicted molar refractivity (Wildman–Crippen MR) is 70.0 cm³/mol. The Morgan fingerprint density at radius 1 is 1.07 bits per heavy atom. The van der Waals surface area contributed by atoms with Crippen LogP contribution in [0.15, 0.2) is 0 Å². The minimum absolute atomic E-state index is 0.841. The van der Waals surface area contributed by atoms with Crippen LogP contribution >= 0.6 is 22.6 Å². The molecule has 2 rings (SSSR count). The molecule has 0 spiro atoms. The summed E-state index contributed by atoms with van der Waals surface area (Å²) in [5.41, 5.74) is 0. The molecule has 0 aromatic rings. The van der Waals surface area contributed by atoms with Crippen LogP contribution in [0.5, 0.6) is 0 Å². The van der Waals surface area contributed by atoms with E-state index in [9.17, 15) is 0 Å². The van der Waals surface area contributed by atoms with Gasteiger partial charge in [-0.15, -0.1) is 0 Å². The van der Waals surface area contributed by atoms with E-state index in [1.54, 1.807) is 0 Å². The third-order valence-corrected chi connectivity index (χ3v) is 5.49. The van der Waals surface area contributed by atoms with Crippen LogP contribution in [-0.4, -0.2) is 16.5 Å². The molecular formula is C12H22IN. The lowest BCUT2D eigenvalue weighted by molar-refractivity contribution is 0.221. The van der Waals surface area contributed by atoms with Gasteiger partial charge in [0.25, 0.3) is 0 Å². The number of rotatable bonds is 1. The van der Waals surface area contributed by atoms with Gasteiger partial charge in [-0.25, -0.2) is 0 Å². The van der Waals surface area contributed by atoms with Crippen molar-refractivity contribution in [1.82, 2.24) is 5.32 Å². The van der Waals surface area contributed by atoms with Gasteiger partial charge in [0.05, 0.1) is 0 Å². The Balaban J connectivity index is 1.87. The van der Waals surface area contributed by atoms with Gasteiger partial charge in [-0.2, -0.15) is 0 Å². The zero-order valence-corrected chi connectivity index (χ0v) is 11.3. The predicted octanol–water partition coefficient (Wildman–Crippen LogP) is 3.37. The summed E-state index contributed by atoms with van der Waals surface area (Å²) in [4.78, 5) is 0. The molecule has 1 aliphatic heterocycles. The highest BCUT2D eigenvalue weighted by atomic mass is 127. The summed E-state index contributed by atoms with van der Waals surface area (Å²) in [7, 11) is 0. The van der Waals surface area contributed by atoms with Crippen LogP contribution in [0.1, 0.15) is 45.4 Å². The second kappa shape index (κ2) is 5.15. The van der Waals surface area contributed by atoms with E-state index >= 15 is 0 Å². The number of alkyl halides is 1. The van der Waals surface area contributed by atoms with Crippen molar-refractivity contribution in [1.29, 1.82) is 0 Å². The number of hydrogen-bond donors (Lipinski definition) is 1. The maximum absolute atomic E-state index is 3.76. The first kappa shape index (κ1) is 11.2. The molecule has 4 unspecified atom stereocenters. The Hall–Kier alpha value is 0.690. The van der Waals surface area contributed by atoms with Crippen molar-refractivity contribution in [3.63, 3.8) is 0 Å². The monoisotopic (exact) mass is 307 g/mol. The summed E-state index contributed by atoms with van der Waals surface area (Å²) in [6.45, 7) is 3.62. The highest BCUT2D eigenvalue weighted by molar-refractivity contribution is 14.1. The molecule has 0 amide bonds. The van der Waals surface area contributed by atoms with Crippen molar-refractivity contribution < 1.29 is 0 Å². The van der Waals surface area contributed by atoms with Gasteiger partial charge < -0.3 is 5.32 Å². The standard InChI is InChI=1S/C12H22IN/c1-9-6-7-12(14-8-9)10-4-2-3-5-11(10)13/h9-12,14H,2-8H2,1H3. The van der Waals surface area contributed by atoms with Crippen molar-refractivity contribution in [3.05, 3.63) is 0 Å². The van der Waals surface area contributed by atoms with Crippen molar-refractivity contribution >= 4 is 22.6 Å².